The van der Waals surface area contributed by atoms with Crippen LogP contribution in [0.3, 0.4) is 0 Å². The van der Waals surface area contributed by atoms with Crippen molar-refractivity contribution in [2.75, 3.05) is 32.7 Å². The molecule has 1 aliphatic rings. The fourth-order valence-corrected chi connectivity index (χ4v) is 5.37. The maximum absolute atomic E-state index is 13.0. The smallest absolute Gasteiger partial charge is 0.408 e. The van der Waals surface area contributed by atoms with Gasteiger partial charge in [0.15, 0.2) is 0 Å². The number of ether oxygens (including phenoxy) is 1. The Morgan fingerprint density at radius 2 is 1.80 bits per heavy atom. The van der Waals surface area contributed by atoms with E-state index in [-0.39, 0.29) is 30.8 Å². The van der Waals surface area contributed by atoms with Crippen molar-refractivity contribution in [2.24, 2.45) is 7.05 Å². The van der Waals surface area contributed by atoms with Gasteiger partial charge < -0.3 is 25.2 Å². The summed E-state index contributed by atoms with van der Waals surface area (Å²) in [6.07, 6.45) is 1.17. The van der Waals surface area contributed by atoms with Gasteiger partial charge in [-0.15, -0.1) is 0 Å². The fraction of sp³-hybridized carbons (Fsp3) is 0.586. The van der Waals surface area contributed by atoms with Gasteiger partial charge in [-0.25, -0.2) is 9.59 Å². The standard InChI is InChI=1S/C29H42Cl2N6O4/c1-7-36(8-2)26(38)22(33-28(40)41-29(3,4)5)12-15-32-27(39)37-16-13-19(14-17-37)24-18-23(34-35(24)6)20-10-9-11-21(30)25(20)31/h9-11,18-19,22H,7-8,12-17H2,1-6H3,(H,32,39)(H,33,40)/t22-/m0/s1. The quantitative estimate of drug-likeness (QED) is 0.394. The van der Waals surface area contributed by atoms with E-state index in [1.165, 1.54) is 0 Å². The number of aryl methyl sites for hydroxylation is 1. The van der Waals surface area contributed by atoms with Gasteiger partial charge in [0, 0.05) is 56.9 Å². The van der Waals surface area contributed by atoms with Gasteiger partial charge in [-0.2, -0.15) is 5.10 Å². The highest BCUT2D eigenvalue weighted by molar-refractivity contribution is 6.43. The number of carbonyl (C=O) groups is 3. The predicted molar refractivity (Wildman–Crippen MR) is 161 cm³/mol. The zero-order valence-corrected chi connectivity index (χ0v) is 26.3. The van der Waals surface area contributed by atoms with Gasteiger partial charge in [0.25, 0.3) is 0 Å². The average Bonchev–Trinajstić information content (AvgIpc) is 3.30. The molecule has 1 aromatic heterocycles. The molecule has 2 heterocycles. The molecule has 41 heavy (non-hydrogen) atoms. The molecule has 0 radical (unpaired) electrons. The molecule has 2 N–H and O–H groups in total. The number of carbonyl (C=O) groups excluding carboxylic acids is 3. The summed E-state index contributed by atoms with van der Waals surface area (Å²) in [6.45, 7) is 11.5. The van der Waals surface area contributed by atoms with E-state index in [1.807, 2.05) is 43.8 Å². The molecule has 1 saturated heterocycles. The Kier molecular flexibility index (Phi) is 11.3. The van der Waals surface area contributed by atoms with E-state index in [2.05, 4.69) is 15.7 Å². The third kappa shape index (κ3) is 8.75. The molecule has 0 aliphatic carbocycles. The van der Waals surface area contributed by atoms with Crippen molar-refractivity contribution in [3.8, 4) is 11.3 Å². The Balaban J connectivity index is 1.55. The number of likely N-dealkylation sites (N-methyl/N-ethyl adjacent to an activating group) is 1. The molecule has 1 fully saturated rings. The number of nitrogens with zero attached hydrogens (tertiary/aromatic N) is 4. The number of nitrogens with one attached hydrogen (secondary N) is 2. The number of rotatable bonds is 9. The molecule has 226 valence electrons. The minimum atomic E-state index is -0.803. The van der Waals surface area contributed by atoms with Crippen LogP contribution in [0.25, 0.3) is 11.3 Å². The second-order valence-corrected chi connectivity index (χ2v) is 12.0. The third-order valence-electron chi connectivity index (χ3n) is 7.12. The van der Waals surface area contributed by atoms with Crippen molar-refractivity contribution in [1.29, 1.82) is 0 Å². The molecular weight excluding hydrogens is 567 g/mol. The maximum Gasteiger partial charge on any atom is 0.408 e. The Labute approximate surface area is 252 Å². The number of hydrogen-bond donors (Lipinski definition) is 2. The molecule has 2 aromatic rings. The lowest BCUT2D eigenvalue weighted by molar-refractivity contribution is -0.133. The summed E-state index contributed by atoms with van der Waals surface area (Å²) >= 11 is 12.6. The van der Waals surface area contributed by atoms with Gasteiger partial charge in [-0.05, 0) is 66.0 Å². The highest BCUT2D eigenvalue weighted by Crippen LogP contribution is 2.35. The molecule has 1 aliphatic heterocycles. The summed E-state index contributed by atoms with van der Waals surface area (Å²) in [5, 5.41) is 11.2. The zero-order valence-electron chi connectivity index (χ0n) is 24.8. The molecule has 0 unspecified atom stereocenters. The largest absolute Gasteiger partial charge is 0.444 e. The van der Waals surface area contributed by atoms with Gasteiger partial charge in [-0.1, -0.05) is 35.3 Å². The zero-order chi connectivity index (χ0) is 30.3. The molecule has 4 amide bonds. The number of alkyl carbamates (subject to hydrolysis) is 1. The minimum Gasteiger partial charge on any atom is -0.444 e. The van der Waals surface area contributed by atoms with Crippen molar-refractivity contribution in [2.45, 2.75) is 71.4 Å². The summed E-state index contributed by atoms with van der Waals surface area (Å²) in [7, 11) is 1.91. The van der Waals surface area contributed by atoms with Crippen molar-refractivity contribution in [3.05, 3.63) is 40.0 Å². The van der Waals surface area contributed by atoms with Gasteiger partial charge >= 0.3 is 12.1 Å². The van der Waals surface area contributed by atoms with Crippen molar-refractivity contribution in [3.63, 3.8) is 0 Å². The van der Waals surface area contributed by atoms with E-state index in [0.717, 1.165) is 29.8 Å². The van der Waals surface area contributed by atoms with Crippen LogP contribution >= 0.6 is 23.2 Å². The molecule has 1 atom stereocenters. The molecule has 0 spiro atoms. The van der Waals surface area contributed by atoms with Crippen LogP contribution in [0.15, 0.2) is 24.3 Å². The first-order chi connectivity index (χ1) is 19.3. The highest BCUT2D eigenvalue weighted by Gasteiger charge is 2.29. The number of hydrogen-bond acceptors (Lipinski definition) is 5. The minimum absolute atomic E-state index is 0.189. The van der Waals surface area contributed by atoms with Gasteiger partial charge in [0.2, 0.25) is 5.91 Å². The Bertz CT molecular complexity index is 1220. The lowest BCUT2D eigenvalue weighted by Crippen LogP contribution is -2.51. The van der Waals surface area contributed by atoms with Crippen molar-refractivity contribution in [1.82, 2.24) is 30.2 Å². The van der Waals surface area contributed by atoms with E-state index in [9.17, 15) is 14.4 Å². The summed E-state index contributed by atoms with van der Waals surface area (Å²) in [5.74, 6) is 0.0443. The van der Waals surface area contributed by atoms with E-state index < -0.39 is 17.7 Å². The van der Waals surface area contributed by atoms with Crippen LogP contribution in [0.1, 0.15) is 65.5 Å². The van der Waals surface area contributed by atoms with Gasteiger partial charge in [0.05, 0.1) is 15.7 Å². The summed E-state index contributed by atoms with van der Waals surface area (Å²) in [5.41, 5.74) is 1.95. The maximum atomic E-state index is 13.0. The Morgan fingerprint density at radius 1 is 1.15 bits per heavy atom. The first kappa shape index (κ1) is 32.5. The van der Waals surface area contributed by atoms with E-state index in [1.54, 1.807) is 36.6 Å². The summed E-state index contributed by atoms with van der Waals surface area (Å²) in [6, 6.07) is 6.55. The van der Waals surface area contributed by atoms with Crippen LogP contribution in [0.4, 0.5) is 9.59 Å². The number of piperidine rings is 1. The fourth-order valence-electron chi connectivity index (χ4n) is 4.97. The SMILES string of the molecule is CCN(CC)C(=O)[C@H](CCNC(=O)N1CCC(c2cc(-c3cccc(Cl)c3Cl)nn2C)CC1)NC(=O)OC(C)(C)C. The number of halogens is 2. The van der Waals surface area contributed by atoms with E-state index >= 15 is 0 Å². The molecule has 1 aromatic carbocycles. The monoisotopic (exact) mass is 608 g/mol. The van der Waals surface area contributed by atoms with Crippen LogP contribution in [0.5, 0.6) is 0 Å². The van der Waals surface area contributed by atoms with Crippen molar-refractivity contribution < 1.29 is 19.1 Å². The molecule has 12 heteroatoms. The molecule has 0 saturated carbocycles. The lowest BCUT2D eigenvalue weighted by Gasteiger charge is -2.32. The van der Waals surface area contributed by atoms with Crippen LogP contribution in [0.2, 0.25) is 10.0 Å². The Morgan fingerprint density at radius 3 is 2.41 bits per heavy atom. The lowest BCUT2D eigenvalue weighted by atomic mass is 9.93. The van der Waals surface area contributed by atoms with Crippen LogP contribution in [-0.2, 0) is 16.6 Å². The first-order valence-electron chi connectivity index (χ1n) is 14.1. The molecular formula is C29H42Cl2N6O4. The summed E-state index contributed by atoms with van der Waals surface area (Å²) < 4.78 is 7.22. The second-order valence-electron chi connectivity index (χ2n) is 11.2. The van der Waals surface area contributed by atoms with Crippen LogP contribution in [0, 0.1) is 0 Å². The number of likely N-dealkylation sites (tertiary alicyclic amines) is 1. The van der Waals surface area contributed by atoms with Gasteiger partial charge in [-0.3, -0.25) is 9.48 Å². The first-order valence-corrected chi connectivity index (χ1v) is 14.9. The summed E-state index contributed by atoms with van der Waals surface area (Å²) in [4.78, 5) is 41.8. The van der Waals surface area contributed by atoms with Gasteiger partial charge in [0.1, 0.15) is 11.6 Å². The molecule has 10 nitrogen and oxygen atoms in total. The topological polar surface area (TPSA) is 109 Å². The normalized spacial score (nSPS) is 14.9. The second kappa shape index (κ2) is 14.3. The van der Waals surface area contributed by atoms with E-state index in [0.29, 0.717) is 36.2 Å². The highest BCUT2D eigenvalue weighted by atomic mass is 35.5. The Hall–Kier alpha value is -2.98. The average molecular weight is 610 g/mol. The number of aromatic nitrogens is 2. The van der Waals surface area contributed by atoms with Crippen molar-refractivity contribution >= 4 is 41.2 Å². The third-order valence-corrected chi connectivity index (χ3v) is 7.94. The van der Waals surface area contributed by atoms with Crippen LogP contribution in [-0.4, -0.2) is 82.0 Å². The number of urea groups is 1. The van der Waals surface area contributed by atoms with Crippen LogP contribution < -0.4 is 10.6 Å². The number of amides is 4. The number of benzene rings is 1. The molecule has 0 bridgehead atoms. The predicted octanol–water partition coefficient (Wildman–Crippen LogP) is 5.43. The molecule has 3 rings (SSSR count). The van der Waals surface area contributed by atoms with E-state index in [4.69, 9.17) is 27.9 Å².